The van der Waals surface area contributed by atoms with Crippen LogP contribution >= 0.6 is 0 Å². The molecule has 1 heterocycles. The van der Waals surface area contributed by atoms with Crippen molar-refractivity contribution in [3.63, 3.8) is 0 Å². The second-order valence-electron chi connectivity index (χ2n) is 5.74. The van der Waals surface area contributed by atoms with Crippen molar-refractivity contribution in [3.8, 4) is 0 Å². The molecule has 3 heteroatoms. The molecule has 3 rings (SSSR count). The van der Waals surface area contributed by atoms with Crippen LogP contribution in [0, 0.1) is 5.92 Å². The highest BCUT2D eigenvalue weighted by molar-refractivity contribution is 5.46. The summed E-state index contributed by atoms with van der Waals surface area (Å²) in [5, 5.41) is 3.59. The molecule has 0 spiro atoms. The fraction of sp³-hybridized carbons (Fsp3) is 0.733. The highest BCUT2D eigenvalue weighted by Gasteiger charge is 2.17. The van der Waals surface area contributed by atoms with Crippen molar-refractivity contribution in [2.24, 2.45) is 5.92 Å². The molecule has 18 heavy (non-hydrogen) atoms. The van der Waals surface area contributed by atoms with Gasteiger partial charge in [-0.25, -0.2) is 9.97 Å². The minimum absolute atomic E-state index is 0.855. The summed E-state index contributed by atoms with van der Waals surface area (Å²) in [6.07, 6.45) is 13.6. The first-order valence-corrected chi connectivity index (χ1v) is 7.50. The number of hydrogen-bond acceptors (Lipinski definition) is 3. The number of nitrogens with one attached hydrogen (secondary N) is 1. The second kappa shape index (κ2) is 5.68. The average Bonchev–Trinajstić information content (AvgIpc) is 2.46. The number of anilines is 1. The molecular weight excluding hydrogens is 222 g/mol. The van der Waals surface area contributed by atoms with Crippen LogP contribution in [0.2, 0.25) is 0 Å². The van der Waals surface area contributed by atoms with Gasteiger partial charge in [0.05, 0.1) is 0 Å². The van der Waals surface area contributed by atoms with Crippen LogP contribution in [0.5, 0.6) is 0 Å². The van der Waals surface area contributed by atoms with Crippen molar-refractivity contribution in [2.45, 2.75) is 57.8 Å². The largest absolute Gasteiger partial charge is 0.369 e. The molecule has 3 nitrogen and oxygen atoms in total. The topological polar surface area (TPSA) is 37.8 Å². The molecule has 0 unspecified atom stereocenters. The summed E-state index contributed by atoms with van der Waals surface area (Å²) < 4.78 is 0. The van der Waals surface area contributed by atoms with E-state index in [0.717, 1.165) is 31.1 Å². The maximum absolute atomic E-state index is 4.45. The molecule has 1 fully saturated rings. The Morgan fingerprint density at radius 1 is 1.00 bits per heavy atom. The molecule has 0 atom stereocenters. The summed E-state index contributed by atoms with van der Waals surface area (Å²) in [6.45, 7) is 1.10. The van der Waals surface area contributed by atoms with Gasteiger partial charge in [0.15, 0.2) is 0 Å². The maximum atomic E-state index is 4.45. The first-order chi connectivity index (χ1) is 8.93. The molecule has 0 aliphatic heterocycles. The van der Waals surface area contributed by atoms with E-state index >= 15 is 0 Å². The van der Waals surface area contributed by atoms with Gasteiger partial charge in [0, 0.05) is 17.8 Å². The average molecular weight is 245 g/mol. The fourth-order valence-corrected chi connectivity index (χ4v) is 3.31. The molecule has 1 aromatic heterocycles. The molecule has 0 bridgehead atoms. The van der Waals surface area contributed by atoms with Gasteiger partial charge in [-0.15, -0.1) is 0 Å². The Kier molecular flexibility index (Phi) is 3.77. The quantitative estimate of drug-likeness (QED) is 0.887. The van der Waals surface area contributed by atoms with E-state index in [0.29, 0.717) is 0 Å². The van der Waals surface area contributed by atoms with Crippen LogP contribution in [-0.4, -0.2) is 16.5 Å². The molecule has 0 aromatic carbocycles. The van der Waals surface area contributed by atoms with E-state index in [1.165, 1.54) is 56.2 Å². The van der Waals surface area contributed by atoms with Gasteiger partial charge >= 0.3 is 0 Å². The number of fused-ring (bicyclic) bond motifs is 1. The summed E-state index contributed by atoms with van der Waals surface area (Å²) in [5.41, 5.74) is 2.67. The highest BCUT2D eigenvalue weighted by Crippen LogP contribution is 2.27. The van der Waals surface area contributed by atoms with E-state index in [1.807, 2.05) is 0 Å². The predicted octanol–water partition coefficient (Wildman–Crippen LogP) is 3.35. The zero-order valence-electron chi connectivity index (χ0n) is 11.1. The van der Waals surface area contributed by atoms with Gasteiger partial charge in [-0.3, -0.25) is 0 Å². The first-order valence-electron chi connectivity index (χ1n) is 7.50. The van der Waals surface area contributed by atoms with Gasteiger partial charge in [-0.1, -0.05) is 19.3 Å². The number of aryl methyl sites for hydroxylation is 1. The van der Waals surface area contributed by atoms with Crippen molar-refractivity contribution >= 4 is 5.82 Å². The zero-order chi connectivity index (χ0) is 12.2. The van der Waals surface area contributed by atoms with Crippen molar-refractivity contribution in [3.05, 3.63) is 17.6 Å². The second-order valence-corrected chi connectivity index (χ2v) is 5.74. The third-order valence-electron chi connectivity index (χ3n) is 4.41. The van der Waals surface area contributed by atoms with Gasteiger partial charge in [-0.2, -0.15) is 0 Å². The normalized spacial score (nSPS) is 20.4. The molecule has 1 saturated carbocycles. The molecule has 0 radical (unpaired) electrons. The van der Waals surface area contributed by atoms with Crippen LogP contribution in [0.25, 0.3) is 0 Å². The molecule has 2 aliphatic carbocycles. The summed E-state index contributed by atoms with van der Waals surface area (Å²) in [7, 11) is 0. The lowest BCUT2D eigenvalue weighted by atomic mass is 9.89. The Labute approximate surface area is 109 Å². The van der Waals surface area contributed by atoms with E-state index in [2.05, 4.69) is 15.3 Å². The van der Waals surface area contributed by atoms with E-state index in [9.17, 15) is 0 Å². The van der Waals surface area contributed by atoms with Crippen LogP contribution in [0.15, 0.2) is 6.33 Å². The Hall–Kier alpha value is -1.12. The Morgan fingerprint density at radius 2 is 1.83 bits per heavy atom. The van der Waals surface area contributed by atoms with E-state index < -0.39 is 0 Å². The number of aromatic nitrogens is 2. The van der Waals surface area contributed by atoms with Crippen molar-refractivity contribution in [2.75, 3.05) is 11.9 Å². The summed E-state index contributed by atoms with van der Waals surface area (Å²) >= 11 is 0. The van der Waals surface area contributed by atoms with Gasteiger partial charge in [0.25, 0.3) is 0 Å². The molecule has 2 aliphatic rings. The standard InChI is InChI=1S/C15H23N3/c1-2-6-12(7-3-1)10-16-15-13-8-4-5-9-14(13)17-11-18-15/h11-12H,1-10H2,(H,16,17,18). The van der Waals surface area contributed by atoms with Crippen LogP contribution in [-0.2, 0) is 12.8 Å². The number of rotatable bonds is 3. The van der Waals surface area contributed by atoms with Crippen molar-refractivity contribution in [1.82, 2.24) is 9.97 Å². The van der Waals surface area contributed by atoms with Gasteiger partial charge in [0.2, 0.25) is 0 Å². The van der Waals surface area contributed by atoms with Crippen LogP contribution in [0.4, 0.5) is 5.82 Å². The summed E-state index contributed by atoms with van der Waals surface area (Å²) in [4.78, 5) is 8.88. The molecule has 0 amide bonds. The van der Waals surface area contributed by atoms with Crippen LogP contribution < -0.4 is 5.32 Å². The van der Waals surface area contributed by atoms with Crippen molar-refractivity contribution in [1.29, 1.82) is 0 Å². The van der Waals surface area contributed by atoms with Crippen molar-refractivity contribution < 1.29 is 0 Å². The minimum atomic E-state index is 0.855. The Bertz CT molecular complexity index is 397. The molecular formula is C15H23N3. The van der Waals surface area contributed by atoms with Gasteiger partial charge in [-0.05, 0) is 44.4 Å². The highest BCUT2D eigenvalue weighted by atomic mass is 15.0. The van der Waals surface area contributed by atoms with E-state index in [-0.39, 0.29) is 0 Å². The number of nitrogens with zero attached hydrogens (tertiary/aromatic N) is 2. The lowest BCUT2D eigenvalue weighted by Gasteiger charge is -2.23. The first kappa shape index (κ1) is 11.9. The summed E-state index contributed by atoms with van der Waals surface area (Å²) in [6, 6.07) is 0. The van der Waals surface area contributed by atoms with Gasteiger partial charge < -0.3 is 5.32 Å². The lowest BCUT2D eigenvalue weighted by Crippen LogP contribution is -2.19. The minimum Gasteiger partial charge on any atom is -0.369 e. The molecule has 98 valence electrons. The SMILES string of the molecule is c1nc2c(c(NCC3CCCCC3)n1)CCCC2. The fourth-order valence-electron chi connectivity index (χ4n) is 3.31. The zero-order valence-corrected chi connectivity index (χ0v) is 11.1. The summed E-state index contributed by atoms with van der Waals surface area (Å²) in [5.74, 6) is 1.97. The third kappa shape index (κ3) is 2.65. The third-order valence-corrected chi connectivity index (χ3v) is 4.41. The van der Waals surface area contributed by atoms with Crippen LogP contribution in [0.1, 0.15) is 56.2 Å². The number of hydrogen-bond donors (Lipinski definition) is 1. The predicted molar refractivity (Wildman–Crippen MR) is 73.7 cm³/mol. The monoisotopic (exact) mass is 245 g/mol. The lowest BCUT2D eigenvalue weighted by molar-refractivity contribution is 0.373. The maximum Gasteiger partial charge on any atom is 0.132 e. The molecule has 1 aromatic rings. The van der Waals surface area contributed by atoms with Gasteiger partial charge in [0.1, 0.15) is 12.1 Å². The smallest absolute Gasteiger partial charge is 0.132 e. The van der Waals surface area contributed by atoms with Crippen LogP contribution in [0.3, 0.4) is 0 Å². The van der Waals surface area contributed by atoms with E-state index in [4.69, 9.17) is 0 Å². The van der Waals surface area contributed by atoms with E-state index in [1.54, 1.807) is 6.33 Å². The molecule has 0 saturated heterocycles. The Balaban J connectivity index is 1.65. The molecule has 1 N–H and O–H groups in total. The Morgan fingerprint density at radius 3 is 2.72 bits per heavy atom.